The second-order valence-electron chi connectivity index (χ2n) is 5.45. The van der Waals surface area contributed by atoms with Gasteiger partial charge in [-0.05, 0) is 50.4 Å². The molecule has 1 aromatic carbocycles. The Balaban J connectivity index is 2.32. The lowest BCUT2D eigenvalue weighted by molar-refractivity contribution is 0.621. The van der Waals surface area contributed by atoms with E-state index in [1.807, 2.05) is 0 Å². The smallest absolute Gasteiger partial charge is 0.0428 e. The Kier molecular flexibility index (Phi) is 5.28. The Morgan fingerprint density at radius 1 is 1.32 bits per heavy atom. The van der Waals surface area contributed by atoms with Crippen molar-refractivity contribution in [2.24, 2.45) is 0 Å². The Hall–Kier alpha value is -0.540. The molecule has 1 aromatic rings. The molecule has 2 nitrogen and oxygen atoms in total. The van der Waals surface area contributed by atoms with Crippen molar-refractivity contribution >= 4 is 21.6 Å². The Morgan fingerprint density at radius 2 is 2.11 bits per heavy atom. The van der Waals surface area contributed by atoms with Gasteiger partial charge in [0.05, 0.1) is 0 Å². The fourth-order valence-electron chi connectivity index (χ4n) is 3.09. The molecule has 0 saturated carbocycles. The molecule has 0 bridgehead atoms. The van der Waals surface area contributed by atoms with E-state index in [0.717, 1.165) is 13.1 Å². The molecule has 19 heavy (non-hydrogen) atoms. The highest BCUT2D eigenvalue weighted by atomic mass is 79.9. The van der Waals surface area contributed by atoms with Gasteiger partial charge in [0.25, 0.3) is 0 Å². The molecular weight excluding hydrogens is 300 g/mol. The first kappa shape index (κ1) is 14.9. The third-order valence-electron chi connectivity index (χ3n) is 4.15. The van der Waals surface area contributed by atoms with Crippen LogP contribution in [0.25, 0.3) is 0 Å². The molecule has 0 spiro atoms. The molecule has 1 N–H and O–H groups in total. The van der Waals surface area contributed by atoms with Crippen LogP contribution in [-0.2, 0) is 6.54 Å². The molecule has 1 fully saturated rings. The maximum Gasteiger partial charge on any atom is 0.0428 e. The molecule has 1 heterocycles. The first-order valence-electron chi connectivity index (χ1n) is 7.44. The average Bonchev–Trinajstić information content (AvgIpc) is 2.78. The van der Waals surface area contributed by atoms with E-state index in [-0.39, 0.29) is 0 Å². The van der Waals surface area contributed by atoms with Crippen LogP contribution in [0, 0.1) is 0 Å². The summed E-state index contributed by atoms with van der Waals surface area (Å²) in [7, 11) is 0. The number of rotatable bonds is 5. The van der Waals surface area contributed by atoms with Gasteiger partial charge in [-0.25, -0.2) is 0 Å². The molecule has 106 valence electrons. The predicted octanol–water partition coefficient (Wildman–Crippen LogP) is 4.33. The number of anilines is 1. The highest BCUT2D eigenvalue weighted by molar-refractivity contribution is 9.10. The number of hydrogen-bond donors (Lipinski definition) is 1. The minimum Gasteiger partial charge on any atom is -0.366 e. The lowest BCUT2D eigenvalue weighted by Crippen LogP contribution is -2.35. The van der Waals surface area contributed by atoms with Gasteiger partial charge in [-0.1, -0.05) is 35.8 Å². The SMILES string of the molecule is CCNCc1ccc(Br)cc1N1C(C)CCC1CC. The van der Waals surface area contributed by atoms with Crippen LogP contribution in [0.4, 0.5) is 5.69 Å². The van der Waals surface area contributed by atoms with Crippen LogP contribution in [0.3, 0.4) is 0 Å². The maximum absolute atomic E-state index is 3.63. The summed E-state index contributed by atoms with van der Waals surface area (Å²) in [6.45, 7) is 8.79. The molecule has 0 radical (unpaired) electrons. The Labute approximate surface area is 125 Å². The summed E-state index contributed by atoms with van der Waals surface area (Å²) in [5.74, 6) is 0. The lowest BCUT2D eigenvalue weighted by atomic mass is 10.1. The van der Waals surface area contributed by atoms with Crippen molar-refractivity contribution in [3.63, 3.8) is 0 Å². The van der Waals surface area contributed by atoms with E-state index in [1.165, 1.54) is 35.0 Å². The van der Waals surface area contributed by atoms with Gasteiger partial charge in [0.2, 0.25) is 0 Å². The zero-order chi connectivity index (χ0) is 13.8. The summed E-state index contributed by atoms with van der Waals surface area (Å²) in [6.07, 6.45) is 3.87. The third kappa shape index (κ3) is 3.32. The van der Waals surface area contributed by atoms with E-state index in [1.54, 1.807) is 0 Å². The first-order chi connectivity index (χ1) is 9.17. The van der Waals surface area contributed by atoms with Crippen molar-refractivity contribution in [3.05, 3.63) is 28.2 Å². The van der Waals surface area contributed by atoms with E-state index >= 15 is 0 Å². The molecule has 0 aromatic heterocycles. The van der Waals surface area contributed by atoms with Crippen LogP contribution < -0.4 is 10.2 Å². The van der Waals surface area contributed by atoms with Crippen molar-refractivity contribution in [1.82, 2.24) is 5.32 Å². The van der Waals surface area contributed by atoms with E-state index in [4.69, 9.17) is 0 Å². The van der Waals surface area contributed by atoms with Crippen LogP contribution in [0.5, 0.6) is 0 Å². The van der Waals surface area contributed by atoms with Crippen LogP contribution in [0.1, 0.15) is 45.6 Å². The standard InChI is InChI=1S/C16H25BrN2/c1-4-15-9-6-12(3)19(15)16-10-14(17)8-7-13(16)11-18-5-2/h7-8,10,12,15,18H,4-6,9,11H2,1-3H3. The zero-order valence-corrected chi connectivity index (χ0v) is 13.8. The molecule has 3 heteroatoms. The normalized spacial score (nSPS) is 23.1. The van der Waals surface area contributed by atoms with Gasteiger partial charge in [0.1, 0.15) is 0 Å². The molecule has 2 rings (SSSR count). The van der Waals surface area contributed by atoms with Crippen LogP contribution in [-0.4, -0.2) is 18.6 Å². The fourth-order valence-corrected chi connectivity index (χ4v) is 3.44. The Morgan fingerprint density at radius 3 is 2.79 bits per heavy atom. The zero-order valence-electron chi connectivity index (χ0n) is 12.2. The van der Waals surface area contributed by atoms with Crippen molar-refractivity contribution in [2.75, 3.05) is 11.4 Å². The second-order valence-corrected chi connectivity index (χ2v) is 6.36. The van der Waals surface area contributed by atoms with E-state index in [9.17, 15) is 0 Å². The summed E-state index contributed by atoms with van der Waals surface area (Å²) >= 11 is 3.63. The number of nitrogens with one attached hydrogen (secondary N) is 1. The molecule has 2 atom stereocenters. The average molecular weight is 325 g/mol. The summed E-state index contributed by atoms with van der Waals surface area (Å²) in [6, 6.07) is 8.04. The first-order valence-corrected chi connectivity index (χ1v) is 8.24. The molecule has 1 saturated heterocycles. The van der Waals surface area contributed by atoms with Gasteiger partial charge in [-0.2, -0.15) is 0 Å². The largest absolute Gasteiger partial charge is 0.366 e. The third-order valence-corrected chi connectivity index (χ3v) is 4.64. The highest BCUT2D eigenvalue weighted by Gasteiger charge is 2.30. The molecule has 0 amide bonds. The van der Waals surface area contributed by atoms with Crippen LogP contribution in [0.15, 0.2) is 22.7 Å². The fraction of sp³-hybridized carbons (Fsp3) is 0.625. The maximum atomic E-state index is 3.63. The minimum absolute atomic E-state index is 0.652. The monoisotopic (exact) mass is 324 g/mol. The molecular formula is C16H25BrN2. The van der Waals surface area contributed by atoms with Gasteiger partial charge in [-0.15, -0.1) is 0 Å². The Bertz CT molecular complexity index is 419. The molecule has 1 aliphatic heterocycles. The number of hydrogen-bond acceptors (Lipinski definition) is 2. The van der Waals surface area contributed by atoms with Crippen molar-refractivity contribution < 1.29 is 0 Å². The van der Waals surface area contributed by atoms with E-state index < -0.39 is 0 Å². The summed E-state index contributed by atoms with van der Waals surface area (Å²) in [5, 5.41) is 3.45. The summed E-state index contributed by atoms with van der Waals surface area (Å²) < 4.78 is 1.18. The number of nitrogens with zero attached hydrogens (tertiary/aromatic N) is 1. The van der Waals surface area contributed by atoms with E-state index in [0.29, 0.717) is 12.1 Å². The highest BCUT2D eigenvalue weighted by Crippen LogP contribution is 2.35. The number of benzene rings is 1. The minimum atomic E-state index is 0.652. The van der Waals surface area contributed by atoms with Gasteiger partial charge in [-0.3, -0.25) is 0 Å². The molecule has 2 unspecified atom stereocenters. The van der Waals surface area contributed by atoms with Gasteiger partial charge < -0.3 is 10.2 Å². The quantitative estimate of drug-likeness (QED) is 0.867. The predicted molar refractivity (Wildman–Crippen MR) is 86.8 cm³/mol. The van der Waals surface area contributed by atoms with Gasteiger partial charge in [0.15, 0.2) is 0 Å². The summed E-state index contributed by atoms with van der Waals surface area (Å²) in [4.78, 5) is 2.64. The number of halogens is 1. The lowest BCUT2D eigenvalue weighted by Gasteiger charge is -2.32. The van der Waals surface area contributed by atoms with Crippen molar-refractivity contribution in [2.45, 2.75) is 58.7 Å². The van der Waals surface area contributed by atoms with Crippen LogP contribution >= 0.6 is 15.9 Å². The van der Waals surface area contributed by atoms with Crippen molar-refractivity contribution in [1.29, 1.82) is 0 Å². The topological polar surface area (TPSA) is 15.3 Å². The van der Waals surface area contributed by atoms with Gasteiger partial charge >= 0.3 is 0 Å². The van der Waals surface area contributed by atoms with Crippen LogP contribution in [0.2, 0.25) is 0 Å². The molecule has 1 aliphatic rings. The molecule has 0 aliphatic carbocycles. The summed E-state index contributed by atoms with van der Waals surface area (Å²) in [5.41, 5.74) is 2.82. The second kappa shape index (κ2) is 6.76. The van der Waals surface area contributed by atoms with Crippen molar-refractivity contribution in [3.8, 4) is 0 Å². The van der Waals surface area contributed by atoms with Gasteiger partial charge in [0, 0.05) is 28.8 Å². The van der Waals surface area contributed by atoms with E-state index in [2.05, 4.69) is 65.1 Å².